The summed E-state index contributed by atoms with van der Waals surface area (Å²) in [5.41, 5.74) is -0.152. The average molecular weight is 212 g/mol. The van der Waals surface area contributed by atoms with Crippen molar-refractivity contribution in [3.8, 4) is 0 Å². The molecule has 0 aromatic heterocycles. The lowest BCUT2D eigenvalue weighted by molar-refractivity contribution is -0.123. The molecule has 1 saturated heterocycles. The van der Waals surface area contributed by atoms with E-state index in [9.17, 15) is 4.79 Å². The van der Waals surface area contributed by atoms with Gasteiger partial charge in [-0.05, 0) is 32.6 Å². The molecule has 1 saturated carbocycles. The van der Waals surface area contributed by atoms with Gasteiger partial charge >= 0.3 is 0 Å². The van der Waals surface area contributed by atoms with Crippen LogP contribution in [-0.2, 0) is 9.53 Å². The first-order chi connectivity index (χ1) is 7.18. The van der Waals surface area contributed by atoms with Gasteiger partial charge in [0.2, 0.25) is 5.91 Å². The summed E-state index contributed by atoms with van der Waals surface area (Å²) in [6.45, 7) is 3.97. The summed E-state index contributed by atoms with van der Waals surface area (Å²) in [6, 6.07) is 0.589. The van der Waals surface area contributed by atoms with Crippen molar-refractivity contribution in [3.63, 3.8) is 0 Å². The van der Waals surface area contributed by atoms with Crippen molar-refractivity contribution in [2.24, 2.45) is 0 Å². The Morgan fingerprint density at radius 3 is 2.93 bits per heavy atom. The maximum Gasteiger partial charge on any atom is 0.234 e. The van der Waals surface area contributed by atoms with Crippen LogP contribution < -0.4 is 10.6 Å². The Bertz CT molecular complexity index is 233. The molecule has 86 valence electrons. The van der Waals surface area contributed by atoms with Gasteiger partial charge in [0.1, 0.15) is 0 Å². The molecule has 1 amide bonds. The third-order valence-electron chi connectivity index (χ3n) is 3.01. The first-order valence-electron chi connectivity index (χ1n) is 5.80. The minimum absolute atomic E-state index is 0.0925. The Morgan fingerprint density at radius 1 is 1.53 bits per heavy atom. The molecule has 2 fully saturated rings. The molecule has 2 N–H and O–H groups in total. The van der Waals surface area contributed by atoms with Crippen LogP contribution in [0.2, 0.25) is 0 Å². The second kappa shape index (κ2) is 4.49. The van der Waals surface area contributed by atoms with E-state index >= 15 is 0 Å². The normalized spacial score (nSPS) is 31.3. The van der Waals surface area contributed by atoms with Crippen LogP contribution in [0.4, 0.5) is 0 Å². The molecule has 0 aromatic carbocycles. The van der Waals surface area contributed by atoms with E-state index in [1.807, 2.05) is 0 Å². The molecule has 4 heteroatoms. The van der Waals surface area contributed by atoms with E-state index in [0.717, 1.165) is 19.4 Å². The van der Waals surface area contributed by atoms with E-state index in [1.165, 1.54) is 12.8 Å². The first kappa shape index (κ1) is 10.9. The molecule has 0 aromatic rings. The van der Waals surface area contributed by atoms with Crippen LogP contribution in [0.15, 0.2) is 0 Å². The molecule has 0 bridgehead atoms. The zero-order valence-electron chi connectivity index (χ0n) is 9.34. The van der Waals surface area contributed by atoms with Crippen LogP contribution in [0.3, 0.4) is 0 Å². The Labute approximate surface area is 90.8 Å². The molecule has 2 aliphatic rings. The van der Waals surface area contributed by atoms with Gasteiger partial charge in [-0.2, -0.15) is 0 Å². The van der Waals surface area contributed by atoms with E-state index in [2.05, 4.69) is 17.6 Å². The van der Waals surface area contributed by atoms with Gasteiger partial charge in [0.15, 0.2) is 0 Å². The summed E-state index contributed by atoms with van der Waals surface area (Å²) in [7, 11) is 0. The summed E-state index contributed by atoms with van der Waals surface area (Å²) < 4.78 is 5.39. The summed E-state index contributed by atoms with van der Waals surface area (Å²) >= 11 is 0. The summed E-state index contributed by atoms with van der Waals surface area (Å²) in [4.78, 5) is 11.6. The van der Waals surface area contributed by atoms with Gasteiger partial charge in [-0.3, -0.25) is 4.79 Å². The van der Waals surface area contributed by atoms with Gasteiger partial charge in [-0.1, -0.05) is 0 Å². The number of carbonyl (C=O) groups is 1. The Balaban J connectivity index is 1.70. The minimum atomic E-state index is -0.152. The molecule has 1 aliphatic heterocycles. The summed E-state index contributed by atoms with van der Waals surface area (Å²) in [6.07, 6.45) is 4.48. The average Bonchev–Trinajstić information content (AvgIpc) is 2.98. The lowest BCUT2D eigenvalue weighted by Gasteiger charge is -2.34. The molecule has 2 rings (SSSR count). The molecular weight excluding hydrogens is 192 g/mol. The van der Waals surface area contributed by atoms with Crippen molar-refractivity contribution in [1.82, 2.24) is 10.6 Å². The van der Waals surface area contributed by atoms with E-state index in [4.69, 9.17) is 4.74 Å². The van der Waals surface area contributed by atoms with Crippen molar-refractivity contribution < 1.29 is 9.53 Å². The lowest BCUT2D eigenvalue weighted by atomic mass is 9.95. The third kappa shape index (κ3) is 3.47. The molecule has 15 heavy (non-hydrogen) atoms. The number of ether oxygens (including phenoxy) is 1. The van der Waals surface area contributed by atoms with Gasteiger partial charge in [-0.25, -0.2) is 0 Å². The quantitative estimate of drug-likeness (QED) is 0.710. The van der Waals surface area contributed by atoms with Crippen molar-refractivity contribution >= 4 is 5.91 Å². The number of carbonyl (C=O) groups excluding carboxylic acids is 1. The fraction of sp³-hybridized carbons (Fsp3) is 0.909. The molecule has 1 heterocycles. The molecule has 1 aliphatic carbocycles. The Morgan fingerprint density at radius 2 is 2.33 bits per heavy atom. The Kier molecular flexibility index (Phi) is 3.26. The topological polar surface area (TPSA) is 50.4 Å². The maximum absolute atomic E-state index is 11.6. The molecule has 4 nitrogen and oxygen atoms in total. The zero-order chi connectivity index (χ0) is 10.7. The van der Waals surface area contributed by atoms with Crippen LogP contribution in [0.5, 0.6) is 0 Å². The minimum Gasteiger partial charge on any atom is -0.379 e. The predicted molar refractivity (Wildman–Crippen MR) is 57.6 cm³/mol. The van der Waals surface area contributed by atoms with E-state index in [1.54, 1.807) is 0 Å². The fourth-order valence-electron chi connectivity index (χ4n) is 1.94. The van der Waals surface area contributed by atoms with E-state index < -0.39 is 0 Å². The predicted octanol–water partition coefficient (Wildman–Crippen LogP) is 0.424. The first-order valence-corrected chi connectivity index (χ1v) is 5.80. The molecule has 1 unspecified atom stereocenters. The number of hydrogen-bond acceptors (Lipinski definition) is 3. The van der Waals surface area contributed by atoms with Gasteiger partial charge in [0.05, 0.1) is 18.7 Å². The fourth-order valence-corrected chi connectivity index (χ4v) is 1.94. The van der Waals surface area contributed by atoms with Crippen molar-refractivity contribution in [1.29, 1.82) is 0 Å². The second-order valence-electron chi connectivity index (χ2n) is 4.92. The monoisotopic (exact) mass is 212 g/mol. The van der Waals surface area contributed by atoms with Crippen molar-refractivity contribution in [3.05, 3.63) is 0 Å². The van der Waals surface area contributed by atoms with Crippen LogP contribution in [0.25, 0.3) is 0 Å². The maximum atomic E-state index is 11.6. The lowest BCUT2D eigenvalue weighted by Crippen LogP contribution is -2.53. The number of hydrogen-bond donors (Lipinski definition) is 2. The highest BCUT2D eigenvalue weighted by Crippen LogP contribution is 2.19. The van der Waals surface area contributed by atoms with Crippen molar-refractivity contribution in [2.75, 3.05) is 19.8 Å². The van der Waals surface area contributed by atoms with Crippen LogP contribution in [0, 0.1) is 0 Å². The van der Waals surface area contributed by atoms with Crippen molar-refractivity contribution in [2.45, 2.75) is 44.2 Å². The highest BCUT2D eigenvalue weighted by Gasteiger charge is 2.29. The molecular formula is C11H20N2O2. The smallest absolute Gasteiger partial charge is 0.234 e. The van der Waals surface area contributed by atoms with Gasteiger partial charge < -0.3 is 15.4 Å². The van der Waals surface area contributed by atoms with Crippen LogP contribution >= 0.6 is 0 Å². The molecule has 0 spiro atoms. The van der Waals surface area contributed by atoms with Gasteiger partial charge in [0.25, 0.3) is 0 Å². The summed E-state index contributed by atoms with van der Waals surface area (Å²) in [5.74, 6) is 0.0925. The van der Waals surface area contributed by atoms with Crippen LogP contribution in [0.1, 0.15) is 32.6 Å². The third-order valence-corrected chi connectivity index (χ3v) is 3.01. The number of amides is 1. The standard InChI is InChI=1S/C11H20N2O2/c1-11(5-2-6-15-8-11)13-10(14)7-12-9-3-4-9/h9,12H,2-8H2,1H3,(H,13,14). The SMILES string of the molecule is CC1(NC(=O)CNC2CC2)CCCOC1. The van der Waals surface area contributed by atoms with Gasteiger partial charge in [-0.15, -0.1) is 0 Å². The van der Waals surface area contributed by atoms with Crippen LogP contribution in [-0.4, -0.2) is 37.2 Å². The number of nitrogens with one attached hydrogen (secondary N) is 2. The highest BCUT2D eigenvalue weighted by molar-refractivity contribution is 5.78. The molecule has 1 atom stereocenters. The van der Waals surface area contributed by atoms with E-state index in [-0.39, 0.29) is 11.4 Å². The summed E-state index contributed by atoms with van der Waals surface area (Å²) in [5, 5.41) is 6.26. The van der Waals surface area contributed by atoms with Gasteiger partial charge in [0, 0.05) is 12.6 Å². The zero-order valence-corrected chi connectivity index (χ0v) is 9.34. The largest absolute Gasteiger partial charge is 0.379 e. The highest BCUT2D eigenvalue weighted by atomic mass is 16.5. The number of rotatable bonds is 4. The molecule has 0 radical (unpaired) electrons. The second-order valence-corrected chi connectivity index (χ2v) is 4.92. The van der Waals surface area contributed by atoms with E-state index in [0.29, 0.717) is 19.2 Å². The Hall–Kier alpha value is -0.610.